The van der Waals surface area contributed by atoms with Crippen LogP contribution in [0.5, 0.6) is 5.75 Å². The number of thiazole rings is 1. The minimum absolute atomic E-state index is 0.367. The topological polar surface area (TPSA) is 45.2 Å². The van der Waals surface area contributed by atoms with Crippen LogP contribution in [0.2, 0.25) is 0 Å². The summed E-state index contributed by atoms with van der Waals surface area (Å²) in [6.07, 6.45) is 7.84. The molecule has 0 amide bonds. The van der Waals surface area contributed by atoms with Crippen LogP contribution in [0.3, 0.4) is 0 Å². The molecule has 0 atom stereocenters. The Morgan fingerprint density at radius 1 is 1.04 bits per heavy atom. The molecule has 1 aromatic heterocycles. The van der Waals surface area contributed by atoms with Gasteiger partial charge in [-0.05, 0) is 43.2 Å². The van der Waals surface area contributed by atoms with E-state index in [2.05, 4.69) is 17.4 Å². The first-order valence-electron chi connectivity index (χ1n) is 9.21. The van der Waals surface area contributed by atoms with Crippen LogP contribution in [0.1, 0.15) is 44.1 Å². The lowest BCUT2D eigenvalue weighted by atomic mass is 10.1. The lowest BCUT2D eigenvalue weighted by Gasteiger charge is -2.17. The predicted octanol–water partition coefficient (Wildman–Crippen LogP) is 5.48. The Labute approximate surface area is 152 Å². The van der Waals surface area contributed by atoms with Gasteiger partial charge in [-0.25, -0.2) is 4.98 Å². The molecule has 4 heteroatoms. The number of fused-ring (bicyclic) bond motifs is 1. The van der Waals surface area contributed by atoms with Crippen LogP contribution in [-0.2, 0) is 6.54 Å². The fourth-order valence-corrected chi connectivity index (χ4v) is 4.56. The molecule has 25 heavy (non-hydrogen) atoms. The lowest BCUT2D eigenvalue weighted by molar-refractivity contribution is 0.437. The average molecular weight is 353 g/mol. The summed E-state index contributed by atoms with van der Waals surface area (Å²) in [7, 11) is 0. The lowest BCUT2D eigenvalue weighted by Crippen LogP contribution is -2.27. The maximum Gasteiger partial charge on any atom is 0.124 e. The first-order valence-corrected chi connectivity index (χ1v) is 10.0. The zero-order valence-corrected chi connectivity index (χ0v) is 15.2. The molecule has 4 rings (SSSR count). The predicted molar refractivity (Wildman–Crippen MR) is 105 cm³/mol. The van der Waals surface area contributed by atoms with Gasteiger partial charge in [0, 0.05) is 23.7 Å². The number of nitrogens with one attached hydrogen (secondary N) is 1. The van der Waals surface area contributed by atoms with Gasteiger partial charge in [0.05, 0.1) is 10.2 Å². The Morgan fingerprint density at radius 3 is 2.64 bits per heavy atom. The van der Waals surface area contributed by atoms with Crippen molar-refractivity contribution < 1.29 is 5.11 Å². The molecule has 0 aliphatic heterocycles. The molecule has 2 N–H and O–H groups in total. The molecule has 0 radical (unpaired) electrons. The Balaban J connectivity index is 1.53. The Kier molecular flexibility index (Phi) is 4.99. The SMILES string of the molecule is Oc1ccc(-c2nc3ccccc3s2)cc1CNC1CCCCCC1. The molecule has 3 aromatic rings. The van der Waals surface area contributed by atoms with Crippen molar-refractivity contribution in [1.29, 1.82) is 0 Å². The Morgan fingerprint density at radius 2 is 1.84 bits per heavy atom. The van der Waals surface area contributed by atoms with Crippen LogP contribution in [0.25, 0.3) is 20.8 Å². The molecule has 1 saturated carbocycles. The van der Waals surface area contributed by atoms with Gasteiger partial charge < -0.3 is 10.4 Å². The smallest absolute Gasteiger partial charge is 0.124 e. The first-order chi connectivity index (χ1) is 12.3. The average Bonchev–Trinajstić information content (AvgIpc) is 2.89. The number of aromatic hydroxyl groups is 1. The van der Waals surface area contributed by atoms with Crippen molar-refractivity contribution in [2.75, 3.05) is 0 Å². The summed E-state index contributed by atoms with van der Waals surface area (Å²) in [5.41, 5.74) is 3.08. The molecule has 130 valence electrons. The van der Waals surface area contributed by atoms with Crippen molar-refractivity contribution in [3.05, 3.63) is 48.0 Å². The number of phenols is 1. The molecule has 1 aliphatic rings. The molecule has 1 aliphatic carbocycles. The van der Waals surface area contributed by atoms with E-state index >= 15 is 0 Å². The quantitative estimate of drug-likeness (QED) is 0.611. The second kappa shape index (κ2) is 7.54. The van der Waals surface area contributed by atoms with Crippen LogP contribution in [0, 0.1) is 0 Å². The van der Waals surface area contributed by atoms with Gasteiger partial charge in [-0.15, -0.1) is 11.3 Å². The Hall–Kier alpha value is -1.91. The van der Waals surface area contributed by atoms with Gasteiger partial charge in [-0.1, -0.05) is 37.8 Å². The number of hydrogen-bond acceptors (Lipinski definition) is 4. The summed E-state index contributed by atoms with van der Waals surface area (Å²) in [6, 6.07) is 14.6. The molecule has 3 nitrogen and oxygen atoms in total. The number of hydrogen-bond donors (Lipinski definition) is 2. The van der Waals surface area contributed by atoms with Crippen molar-refractivity contribution in [2.24, 2.45) is 0 Å². The summed E-state index contributed by atoms with van der Waals surface area (Å²) in [5.74, 6) is 0.367. The van der Waals surface area contributed by atoms with Crippen LogP contribution < -0.4 is 5.32 Å². The van der Waals surface area contributed by atoms with Crippen LogP contribution in [-0.4, -0.2) is 16.1 Å². The highest BCUT2D eigenvalue weighted by Gasteiger charge is 2.13. The summed E-state index contributed by atoms with van der Waals surface area (Å²) in [4.78, 5) is 4.73. The van der Waals surface area contributed by atoms with Crippen LogP contribution >= 0.6 is 11.3 Å². The Bertz CT molecular complexity index is 817. The van der Waals surface area contributed by atoms with E-state index in [1.54, 1.807) is 17.4 Å². The third-order valence-corrected chi connectivity index (χ3v) is 6.14. The maximum absolute atomic E-state index is 10.2. The summed E-state index contributed by atoms with van der Waals surface area (Å²) in [5, 5.41) is 14.9. The van der Waals surface area contributed by atoms with Gasteiger partial charge in [0.2, 0.25) is 0 Å². The van der Waals surface area contributed by atoms with E-state index in [0.29, 0.717) is 11.8 Å². The number of rotatable bonds is 4. The van der Waals surface area contributed by atoms with E-state index in [4.69, 9.17) is 4.98 Å². The van der Waals surface area contributed by atoms with Gasteiger partial charge in [-0.3, -0.25) is 0 Å². The van der Waals surface area contributed by atoms with Crippen molar-refractivity contribution in [3.8, 4) is 16.3 Å². The minimum Gasteiger partial charge on any atom is -0.508 e. The molecule has 0 spiro atoms. The fraction of sp³-hybridized carbons (Fsp3) is 0.381. The summed E-state index contributed by atoms with van der Waals surface area (Å²) >= 11 is 1.70. The van der Waals surface area contributed by atoms with Crippen LogP contribution in [0.15, 0.2) is 42.5 Å². The largest absolute Gasteiger partial charge is 0.508 e. The summed E-state index contributed by atoms with van der Waals surface area (Å²) < 4.78 is 1.20. The van der Waals surface area contributed by atoms with Gasteiger partial charge in [0.25, 0.3) is 0 Å². The van der Waals surface area contributed by atoms with E-state index in [9.17, 15) is 5.11 Å². The van der Waals surface area contributed by atoms with E-state index in [0.717, 1.165) is 28.2 Å². The highest BCUT2D eigenvalue weighted by Crippen LogP contribution is 2.32. The van der Waals surface area contributed by atoms with Gasteiger partial charge in [0.1, 0.15) is 10.8 Å². The molecular weight excluding hydrogens is 328 g/mol. The standard InChI is InChI=1S/C21H24N2OS/c24-19-12-11-15(21-23-18-9-5-6-10-20(18)25-21)13-16(19)14-22-17-7-3-1-2-4-8-17/h5-6,9-13,17,22,24H,1-4,7-8,14H2. The monoisotopic (exact) mass is 352 g/mol. The van der Waals surface area contributed by atoms with Crippen molar-refractivity contribution in [1.82, 2.24) is 10.3 Å². The molecular formula is C21H24N2OS. The molecule has 0 saturated heterocycles. The maximum atomic E-state index is 10.2. The van der Waals surface area contributed by atoms with E-state index < -0.39 is 0 Å². The normalized spacial score (nSPS) is 16.2. The van der Waals surface area contributed by atoms with Crippen molar-refractivity contribution in [3.63, 3.8) is 0 Å². The number of benzene rings is 2. The highest BCUT2D eigenvalue weighted by molar-refractivity contribution is 7.21. The number of nitrogens with zero attached hydrogens (tertiary/aromatic N) is 1. The van der Waals surface area contributed by atoms with Gasteiger partial charge in [-0.2, -0.15) is 0 Å². The van der Waals surface area contributed by atoms with Crippen LogP contribution in [0.4, 0.5) is 0 Å². The first kappa shape index (κ1) is 16.6. The number of para-hydroxylation sites is 1. The molecule has 2 aromatic carbocycles. The van der Waals surface area contributed by atoms with Crippen molar-refractivity contribution >= 4 is 21.6 Å². The highest BCUT2D eigenvalue weighted by atomic mass is 32.1. The van der Waals surface area contributed by atoms with Gasteiger partial charge in [0.15, 0.2) is 0 Å². The second-order valence-electron chi connectivity index (χ2n) is 6.90. The third-order valence-electron chi connectivity index (χ3n) is 5.06. The fourth-order valence-electron chi connectivity index (χ4n) is 3.59. The summed E-state index contributed by atoms with van der Waals surface area (Å²) in [6.45, 7) is 0.717. The van der Waals surface area contributed by atoms with E-state index in [1.807, 2.05) is 24.3 Å². The van der Waals surface area contributed by atoms with Crippen molar-refractivity contribution in [2.45, 2.75) is 51.1 Å². The molecule has 1 fully saturated rings. The number of aromatic nitrogens is 1. The van der Waals surface area contributed by atoms with E-state index in [1.165, 1.54) is 43.2 Å². The van der Waals surface area contributed by atoms with Gasteiger partial charge >= 0.3 is 0 Å². The zero-order chi connectivity index (χ0) is 17.1. The molecule has 1 heterocycles. The zero-order valence-electron chi connectivity index (χ0n) is 14.4. The number of phenolic OH excluding ortho intramolecular Hbond substituents is 1. The molecule has 0 bridgehead atoms. The third kappa shape index (κ3) is 3.86. The second-order valence-corrected chi connectivity index (χ2v) is 7.93. The molecule has 0 unspecified atom stereocenters. The van der Waals surface area contributed by atoms with E-state index in [-0.39, 0.29) is 0 Å². The minimum atomic E-state index is 0.367.